The number of aliphatic hydroxyl groups excluding tert-OH is 3. The van der Waals surface area contributed by atoms with E-state index >= 15 is 0 Å². The van der Waals surface area contributed by atoms with Crippen LogP contribution in [0.25, 0.3) is 0 Å². The number of allylic oxidation sites excluding steroid dienone is 7. The molecule has 0 spiro atoms. The zero-order valence-electron chi connectivity index (χ0n) is 38.9. The molecule has 1 heterocycles. The van der Waals surface area contributed by atoms with Gasteiger partial charge >= 0.3 is 19.8 Å². The Balaban J connectivity index is 2.48. The lowest BCUT2D eigenvalue weighted by Crippen LogP contribution is -2.37. The Hall–Kier alpha value is -3.13. The van der Waals surface area contributed by atoms with Crippen LogP contribution in [0.3, 0.4) is 0 Å². The normalized spacial score (nSPS) is 15.6. The first-order chi connectivity index (χ1) is 29.5. The van der Waals surface area contributed by atoms with Crippen molar-refractivity contribution in [2.45, 2.75) is 161 Å². The molecule has 0 bridgehead atoms. The Bertz CT molecular complexity index is 1570. The molecule has 0 aromatic carbocycles. The number of furan rings is 1. The first kappa shape index (κ1) is 56.9. The minimum absolute atomic E-state index is 0.0343. The van der Waals surface area contributed by atoms with Gasteiger partial charge in [-0.15, -0.1) is 0 Å². The molecule has 1 rings (SSSR count). The molecule has 0 aliphatic heterocycles. The molecule has 13 nitrogen and oxygen atoms in total. The molecule has 1 aromatic rings. The van der Waals surface area contributed by atoms with E-state index in [2.05, 4.69) is 20.8 Å². The second-order valence-electron chi connectivity index (χ2n) is 16.9. The van der Waals surface area contributed by atoms with Gasteiger partial charge in [-0.3, -0.25) is 18.6 Å². The molecule has 354 valence electrons. The highest BCUT2D eigenvalue weighted by Crippen LogP contribution is 2.43. The Kier molecular flexibility index (Phi) is 30.6. The van der Waals surface area contributed by atoms with Crippen LogP contribution in [-0.2, 0) is 45.5 Å². The summed E-state index contributed by atoms with van der Waals surface area (Å²) in [5, 5.41) is 30.5. The van der Waals surface area contributed by atoms with Gasteiger partial charge in [0.25, 0.3) is 0 Å². The lowest BCUT2D eigenvalue weighted by Gasteiger charge is -2.24. The van der Waals surface area contributed by atoms with Gasteiger partial charge in [-0.2, -0.15) is 0 Å². The number of esters is 2. The number of hydrogen-bond donors (Lipinski definition) is 4. The number of phosphoric acid groups is 1. The Morgan fingerprint density at radius 2 is 1.31 bits per heavy atom. The number of aryl methyl sites for hydroxylation is 2. The molecule has 1 unspecified atom stereocenters. The number of nitrogens with zero attached hydrogens (tertiary/aromatic N) is 1. The van der Waals surface area contributed by atoms with Gasteiger partial charge in [-0.25, -0.2) is 4.57 Å². The van der Waals surface area contributed by atoms with Crippen molar-refractivity contribution in [2.75, 3.05) is 47.5 Å². The fourth-order valence-electron chi connectivity index (χ4n) is 6.17. The van der Waals surface area contributed by atoms with Gasteiger partial charge in [0.05, 0.1) is 46.1 Å². The Morgan fingerprint density at radius 3 is 1.94 bits per heavy atom. The van der Waals surface area contributed by atoms with Crippen LogP contribution in [0.2, 0.25) is 0 Å². The van der Waals surface area contributed by atoms with E-state index in [0.29, 0.717) is 23.9 Å². The van der Waals surface area contributed by atoms with E-state index in [1.807, 2.05) is 40.2 Å². The zero-order valence-corrected chi connectivity index (χ0v) is 39.8. The number of carbonyl (C=O) groups excluding carboxylic acids is 2. The third-order valence-corrected chi connectivity index (χ3v) is 11.1. The molecule has 0 radical (unpaired) electrons. The predicted molar refractivity (Wildman–Crippen MR) is 245 cm³/mol. The van der Waals surface area contributed by atoms with Gasteiger partial charge in [0.15, 0.2) is 6.10 Å². The largest absolute Gasteiger partial charge is 0.472 e. The van der Waals surface area contributed by atoms with Crippen molar-refractivity contribution in [3.8, 4) is 0 Å². The first-order valence-corrected chi connectivity index (χ1v) is 24.2. The van der Waals surface area contributed by atoms with Crippen LogP contribution < -0.4 is 0 Å². The summed E-state index contributed by atoms with van der Waals surface area (Å²) < 4.78 is 40.2. The standard InChI is InChI=1S/C48H80NO12P/c1-8-10-21-28-41(50)29-22-17-15-16-18-23-30-43(51)44(52)31-26-34-47(53)57-37-42(38-59-62(55,56)58-36-35-49(5,6)7)60-48(54)33-25-20-14-12-11-13-19-24-32-46-40(4)39(3)45(61-46)27-9-2/h10,15-18,21-23,29-30,41-44,50-52H,8-9,11-14,19-20,24-28,31-38H2,1-7H3/p+1/b17-15+,18-16-,21-10-,29-22+,30-23-/t41-,42-,43+,44+/m1/s1. The number of rotatable bonds is 36. The number of likely N-dealkylation sites (N-methyl/N-ethyl adjacent to an activating group) is 1. The molecule has 0 aliphatic carbocycles. The summed E-state index contributed by atoms with van der Waals surface area (Å²) in [6.45, 7) is 8.00. The van der Waals surface area contributed by atoms with E-state index in [9.17, 15) is 34.4 Å². The van der Waals surface area contributed by atoms with Crippen molar-refractivity contribution in [1.29, 1.82) is 0 Å². The van der Waals surface area contributed by atoms with Crippen LogP contribution in [0.15, 0.2) is 65.2 Å². The summed E-state index contributed by atoms with van der Waals surface area (Å²) in [7, 11) is 1.25. The van der Waals surface area contributed by atoms with E-state index in [1.165, 1.54) is 17.2 Å². The quantitative estimate of drug-likeness (QED) is 0.0126. The maximum absolute atomic E-state index is 12.8. The van der Waals surface area contributed by atoms with Crippen LogP contribution >= 0.6 is 7.82 Å². The van der Waals surface area contributed by atoms with Crippen LogP contribution in [0.1, 0.15) is 133 Å². The molecule has 4 N–H and O–H groups in total. The summed E-state index contributed by atoms with van der Waals surface area (Å²) >= 11 is 0. The van der Waals surface area contributed by atoms with Gasteiger partial charge in [0.2, 0.25) is 0 Å². The number of phosphoric ester groups is 1. The highest BCUT2D eigenvalue weighted by Gasteiger charge is 2.27. The maximum atomic E-state index is 12.8. The smallest absolute Gasteiger partial charge is 0.466 e. The Morgan fingerprint density at radius 1 is 0.726 bits per heavy atom. The summed E-state index contributed by atoms with van der Waals surface area (Å²) in [6, 6.07) is 0. The number of unbranched alkanes of at least 4 members (excludes halogenated alkanes) is 7. The minimum Gasteiger partial charge on any atom is -0.466 e. The zero-order chi connectivity index (χ0) is 46.2. The summed E-state index contributed by atoms with van der Waals surface area (Å²) in [5.74, 6) is 1.09. The molecule has 5 atom stereocenters. The molecule has 0 saturated heterocycles. The summed E-state index contributed by atoms with van der Waals surface area (Å²) in [5.41, 5.74) is 2.58. The van der Waals surface area contributed by atoms with E-state index in [4.69, 9.17) is 22.9 Å². The highest BCUT2D eigenvalue weighted by atomic mass is 31.2. The molecular formula is C48H81NO12P+. The molecule has 0 amide bonds. The van der Waals surface area contributed by atoms with Crippen LogP contribution in [0.5, 0.6) is 0 Å². The van der Waals surface area contributed by atoms with Gasteiger partial charge in [0.1, 0.15) is 31.3 Å². The molecule has 1 aromatic heterocycles. The third kappa shape index (κ3) is 29.3. The number of quaternary nitrogens is 1. The van der Waals surface area contributed by atoms with Crippen LogP contribution in [0.4, 0.5) is 0 Å². The topological polar surface area (TPSA) is 182 Å². The summed E-state index contributed by atoms with van der Waals surface area (Å²) in [6.07, 6.45) is 26.5. The van der Waals surface area contributed by atoms with Crippen molar-refractivity contribution in [3.05, 3.63) is 83.4 Å². The monoisotopic (exact) mass is 895 g/mol. The second kappa shape index (κ2) is 33.4. The van der Waals surface area contributed by atoms with E-state index in [-0.39, 0.29) is 32.3 Å². The Labute approximate surface area is 372 Å². The molecule has 0 fully saturated rings. The molecule has 0 aliphatic rings. The number of carbonyl (C=O) groups is 2. The fourth-order valence-corrected chi connectivity index (χ4v) is 6.91. The van der Waals surface area contributed by atoms with Gasteiger partial charge in [-0.05, 0) is 69.9 Å². The van der Waals surface area contributed by atoms with Crippen molar-refractivity contribution < 1.29 is 61.8 Å². The van der Waals surface area contributed by atoms with Gasteiger partial charge in [-0.1, -0.05) is 113 Å². The lowest BCUT2D eigenvalue weighted by molar-refractivity contribution is -0.870. The molecule has 14 heteroatoms. The number of hydrogen-bond acceptors (Lipinski definition) is 11. The maximum Gasteiger partial charge on any atom is 0.472 e. The lowest BCUT2D eigenvalue weighted by atomic mass is 10.0. The number of aliphatic hydroxyl groups is 3. The SMILES string of the molecule is CC/C=C\C[C@@H](O)/C=C/C=C/C=C\C=C/[C@H](O)[C@@H](O)CCCC(=O)OC[C@H](COP(=O)(O)OCC[N+](C)(C)C)OC(=O)CCCCCCCCCCc1oc(CCC)c(C)c1C. The second-order valence-corrected chi connectivity index (χ2v) is 18.3. The predicted octanol–water partition coefficient (Wildman–Crippen LogP) is 9.03. The van der Waals surface area contributed by atoms with E-state index < -0.39 is 57.4 Å². The molecule has 62 heavy (non-hydrogen) atoms. The fraction of sp³-hybridized carbons (Fsp3) is 0.667. The van der Waals surface area contributed by atoms with Crippen LogP contribution in [-0.4, -0.2) is 109 Å². The van der Waals surface area contributed by atoms with Crippen molar-refractivity contribution in [1.82, 2.24) is 0 Å². The molecular weight excluding hydrogens is 813 g/mol. The van der Waals surface area contributed by atoms with Crippen molar-refractivity contribution in [2.24, 2.45) is 0 Å². The van der Waals surface area contributed by atoms with E-state index in [1.54, 1.807) is 42.5 Å². The summed E-state index contributed by atoms with van der Waals surface area (Å²) in [4.78, 5) is 35.5. The molecule has 0 saturated carbocycles. The van der Waals surface area contributed by atoms with Crippen LogP contribution in [0, 0.1) is 13.8 Å². The first-order valence-electron chi connectivity index (χ1n) is 22.7. The van der Waals surface area contributed by atoms with Gasteiger partial charge < -0.3 is 38.6 Å². The van der Waals surface area contributed by atoms with Crippen molar-refractivity contribution in [3.63, 3.8) is 0 Å². The minimum atomic E-state index is -4.48. The number of ether oxygens (including phenoxy) is 2. The highest BCUT2D eigenvalue weighted by molar-refractivity contribution is 7.47. The average Bonchev–Trinajstić information content (AvgIpc) is 3.47. The van der Waals surface area contributed by atoms with Crippen molar-refractivity contribution >= 4 is 19.8 Å². The van der Waals surface area contributed by atoms with E-state index in [0.717, 1.165) is 82.1 Å². The van der Waals surface area contributed by atoms with Gasteiger partial charge in [0, 0.05) is 25.7 Å². The third-order valence-electron chi connectivity index (χ3n) is 10.1. The average molecular weight is 895 g/mol.